The molecule has 2 rings (SSSR count). The third kappa shape index (κ3) is 5.82. The van der Waals surface area contributed by atoms with E-state index >= 15 is 0 Å². The van der Waals surface area contributed by atoms with Gasteiger partial charge in [-0.1, -0.05) is 18.2 Å². The van der Waals surface area contributed by atoms with Crippen LogP contribution in [0.25, 0.3) is 0 Å². The number of halogens is 2. The molecule has 0 aliphatic heterocycles. The number of alkyl halides is 2. The molecule has 25 heavy (non-hydrogen) atoms. The first-order valence-corrected chi connectivity index (χ1v) is 10.2. The molecule has 0 radical (unpaired) electrons. The van der Waals surface area contributed by atoms with Gasteiger partial charge in [-0.25, -0.2) is 4.57 Å². The summed E-state index contributed by atoms with van der Waals surface area (Å²) >= 11 is 11.7. The van der Waals surface area contributed by atoms with Gasteiger partial charge in [0.05, 0.1) is 7.11 Å². The molecular weight excluding hydrogens is 384 g/mol. The molecule has 2 aromatic carbocycles. The third-order valence-corrected chi connectivity index (χ3v) is 5.59. The summed E-state index contributed by atoms with van der Waals surface area (Å²) < 4.78 is 31.7. The lowest BCUT2D eigenvalue weighted by Crippen LogP contribution is -2.29. The summed E-state index contributed by atoms with van der Waals surface area (Å²) in [5, 5.41) is 0. The standard InChI is InChI=1S/C17H20Cl2NO4P/c1-22-15-7-9-17(10-8-15)24-25(21,20(13-11-18)14-12-19)23-16-5-3-2-4-6-16/h2-10H,11-14H2,1H3. The average Bonchev–Trinajstić information content (AvgIpc) is 2.63. The zero-order chi connectivity index (χ0) is 18.1. The van der Waals surface area contributed by atoms with Gasteiger partial charge in [-0.05, 0) is 36.4 Å². The molecule has 0 heterocycles. The molecule has 2 aromatic rings. The molecule has 0 bridgehead atoms. The van der Waals surface area contributed by atoms with Gasteiger partial charge in [0.15, 0.2) is 0 Å². The minimum absolute atomic E-state index is 0.269. The second-order valence-electron chi connectivity index (χ2n) is 4.97. The highest BCUT2D eigenvalue weighted by atomic mass is 35.5. The summed E-state index contributed by atoms with van der Waals surface area (Å²) in [4.78, 5) is 0. The molecule has 0 aromatic heterocycles. The van der Waals surface area contributed by atoms with Crippen molar-refractivity contribution in [3.63, 3.8) is 0 Å². The average molecular weight is 404 g/mol. The first-order valence-electron chi connectivity index (χ1n) is 7.67. The molecule has 0 N–H and O–H groups in total. The van der Waals surface area contributed by atoms with Crippen LogP contribution in [0.5, 0.6) is 17.2 Å². The van der Waals surface area contributed by atoms with Gasteiger partial charge in [0.25, 0.3) is 0 Å². The third-order valence-electron chi connectivity index (χ3n) is 3.28. The number of nitrogens with zero attached hydrogens (tertiary/aromatic N) is 1. The number of rotatable bonds is 10. The number of methoxy groups -OCH3 is 1. The molecule has 0 spiro atoms. The molecule has 136 valence electrons. The van der Waals surface area contributed by atoms with Crippen LogP contribution in [0.3, 0.4) is 0 Å². The van der Waals surface area contributed by atoms with Crippen LogP contribution in [0.15, 0.2) is 54.6 Å². The van der Waals surface area contributed by atoms with Crippen LogP contribution < -0.4 is 13.8 Å². The molecule has 0 saturated carbocycles. The van der Waals surface area contributed by atoms with Crippen LogP contribution in [0, 0.1) is 0 Å². The van der Waals surface area contributed by atoms with Gasteiger partial charge in [0, 0.05) is 24.8 Å². The van der Waals surface area contributed by atoms with E-state index in [4.69, 9.17) is 37.0 Å². The Morgan fingerprint density at radius 3 is 1.80 bits per heavy atom. The van der Waals surface area contributed by atoms with E-state index < -0.39 is 7.75 Å². The highest BCUT2D eigenvalue weighted by molar-refractivity contribution is 7.52. The van der Waals surface area contributed by atoms with E-state index in [1.165, 1.54) is 4.67 Å². The highest BCUT2D eigenvalue weighted by Gasteiger charge is 2.36. The number of ether oxygens (including phenoxy) is 1. The maximum absolute atomic E-state index is 13.5. The number of benzene rings is 2. The fraction of sp³-hybridized carbons (Fsp3) is 0.294. The monoisotopic (exact) mass is 403 g/mol. The topological polar surface area (TPSA) is 48.0 Å². The lowest BCUT2D eigenvalue weighted by Gasteiger charge is -2.29. The number of para-hydroxylation sites is 1. The van der Waals surface area contributed by atoms with Gasteiger partial charge in [-0.3, -0.25) is 0 Å². The highest BCUT2D eigenvalue weighted by Crippen LogP contribution is 2.51. The predicted octanol–water partition coefficient (Wildman–Crippen LogP) is 5.04. The Hall–Kier alpha value is -1.39. The molecule has 0 aliphatic rings. The zero-order valence-corrected chi connectivity index (χ0v) is 16.2. The summed E-state index contributed by atoms with van der Waals surface area (Å²) in [6.07, 6.45) is 0. The van der Waals surface area contributed by atoms with Crippen molar-refractivity contribution >= 4 is 30.9 Å². The van der Waals surface area contributed by atoms with Gasteiger partial charge < -0.3 is 13.8 Å². The lowest BCUT2D eigenvalue weighted by atomic mass is 10.3. The first-order chi connectivity index (χ1) is 12.1. The van der Waals surface area contributed by atoms with Crippen LogP contribution in [-0.4, -0.2) is 36.6 Å². The second kappa shape index (κ2) is 9.93. The second-order valence-corrected chi connectivity index (χ2v) is 7.60. The Kier molecular flexibility index (Phi) is 7.91. The van der Waals surface area contributed by atoms with Crippen molar-refractivity contribution in [2.75, 3.05) is 32.0 Å². The fourth-order valence-corrected chi connectivity index (χ4v) is 4.45. The normalized spacial score (nSPS) is 13.3. The van der Waals surface area contributed by atoms with E-state index in [9.17, 15) is 4.57 Å². The van der Waals surface area contributed by atoms with E-state index in [1.54, 1.807) is 55.6 Å². The molecule has 0 aliphatic carbocycles. The van der Waals surface area contributed by atoms with Crippen molar-refractivity contribution in [2.45, 2.75) is 0 Å². The quantitative estimate of drug-likeness (QED) is 0.410. The van der Waals surface area contributed by atoms with E-state index in [1.807, 2.05) is 6.07 Å². The van der Waals surface area contributed by atoms with E-state index in [0.717, 1.165) is 0 Å². The summed E-state index contributed by atoms with van der Waals surface area (Å²) in [6, 6.07) is 15.6. The Morgan fingerprint density at radius 2 is 1.32 bits per heavy atom. The van der Waals surface area contributed by atoms with Gasteiger partial charge in [-0.2, -0.15) is 4.67 Å². The van der Waals surface area contributed by atoms with Crippen LogP contribution in [0.4, 0.5) is 0 Å². The van der Waals surface area contributed by atoms with Crippen LogP contribution in [0.2, 0.25) is 0 Å². The van der Waals surface area contributed by atoms with Crippen LogP contribution >= 0.6 is 30.9 Å². The molecule has 8 heteroatoms. The van der Waals surface area contributed by atoms with Crippen molar-refractivity contribution in [1.29, 1.82) is 0 Å². The van der Waals surface area contributed by atoms with E-state index in [2.05, 4.69) is 0 Å². The minimum Gasteiger partial charge on any atom is -0.497 e. The van der Waals surface area contributed by atoms with Crippen molar-refractivity contribution < 1.29 is 18.3 Å². The largest absolute Gasteiger partial charge is 0.515 e. The molecular formula is C17H20Cl2NO4P. The molecule has 0 amide bonds. The summed E-state index contributed by atoms with van der Waals surface area (Å²) in [6.45, 7) is 0.628. The van der Waals surface area contributed by atoms with Crippen molar-refractivity contribution in [1.82, 2.24) is 4.67 Å². The maximum atomic E-state index is 13.5. The Balaban J connectivity index is 2.30. The van der Waals surface area contributed by atoms with Crippen molar-refractivity contribution in [3.8, 4) is 17.2 Å². The van der Waals surface area contributed by atoms with Gasteiger partial charge in [0.1, 0.15) is 17.2 Å². The van der Waals surface area contributed by atoms with Crippen molar-refractivity contribution in [3.05, 3.63) is 54.6 Å². The fourth-order valence-electron chi connectivity index (χ4n) is 2.07. The zero-order valence-electron chi connectivity index (χ0n) is 13.8. The Morgan fingerprint density at radius 1 is 0.840 bits per heavy atom. The molecule has 5 nitrogen and oxygen atoms in total. The van der Waals surface area contributed by atoms with Gasteiger partial charge >= 0.3 is 7.75 Å². The lowest BCUT2D eigenvalue weighted by molar-refractivity contribution is 0.296. The summed E-state index contributed by atoms with van der Waals surface area (Å²) in [7, 11) is -2.13. The van der Waals surface area contributed by atoms with Gasteiger partial charge in [0.2, 0.25) is 0 Å². The maximum Gasteiger partial charge on any atom is 0.515 e. The number of hydrogen-bond acceptors (Lipinski definition) is 4. The predicted molar refractivity (Wildman–Crippen MR) is 101 cm³/mol. The summed E-state index contributed by atoms with van der Waals surface area (Å²) in [5.41, 5.74) is 0. The molecule has 1 atom stereocenters. The molecule has 0 fully saturated rings. The molecule has 0 saturated heterocycles. The SMILES string of the molecule is COc1ccc(OP(=O)(Oc2ccccc2)N(CCCl)CCCl)cc1. The minimum atomic E-state index is -3.71. The Labute approximate surface area is 158 Å². The smallest absolute Gasteiger partial charge is 0.497 e. The first kappa shape index (κ1) is 19.9. The molecule has 1 unspecified atom stereocenters. The van der Waals surface area contributed by atoms with E-state index in [0.29, 0.717) is 30.3 Å². The van der Waals surface area contributed by atoms with Crippen LogP contribution in [0.1, 0.15) is 0 Å². The van der Waals surface area contributed by atoms with E-state index in [-0.39, 0.29) is 11.8 Å². The van der Waals surface area contributed by atoms with Gasteiger partial charge in [-0.15, -0.1) is 23.2 Å². The summed E-state index contributed by atoms with van der Waals surface area (Å²) in [5.74, 6) is 2.04. The van der Waals surface area contributed by atoms with Crippen molar-refractivity contribution in [2.24, 2.45) is 0 Å². The van der Waals surface area contributed by atoms with Crippen LogP contribution in [-0.2, 0) is 4.57 Å². The number of hydrogen-bond donors (Lipinski definition) is 0. The Bertz CT molecular complexity index is 679.